The van der Waals surface area contributed by atoms with Gasteiger partial charge in [-0.25, -0.2) is 0 Å². The number of ether oxygens (including phenoxy) is 1. The average Bonchev–Trinajstić information content (AvgIpc) is 2.42. The van der Waals surface area contributed by atoms with Crippen molar-refractivity contribution in [3.63, 3.8) is 0 Å². The molecule has 0 radical (unpaired) electrons. The molecule has 2 N–H and O–H groups in total. The van der Waals surface area contributed by atoms with Crippen LogP contribution in [-0.2, 0) is 6.54 Å². The van der Waals surface area contributed by atoms with Gasteiger partial charge in [0.1, 0.15) is 5.75 Å². The molecule has 0 spiro atoms. The molecule has 0 aromatic heterocycles. The molecule has 0 unspecified atom stereocenters. The highest BCUT2D eigenvalue weighted by Gasteiger charge is 2.10. The number of likely N-dealkylation sites (tertiary alicyclic amines) is 1. The molecule has 1 saturated heterocycles. The van der Waals surface area contributed by atoms with Crippen LogP contribution in [0.2, 0.25) is 0 Å². The quantitative estimate of drug-likeness (QED) is 0.817. The third kappa shape index (κ3) is 5.81. The second-order valence-corrected chi connectivity index (χ2v) is 4.97. The summed E-state index contributed by atoms with van der Waals surface area (Å²) in [7, 11) is 0. The van der Waals surface area contributed by atoms with Crippen molar-refractivity contribution in [2.75, 3.05) is 26.2 Å². The molecule has 1 aromatic carbocycles. The molecule has 1 aromatic rings. The number of nitrogens with two attached hydrogens (primary N) is 1. The highest BCUT2D eigenvalue weighted by atomic mass is 35.5. The summed E-state index contributed by atoms with van der Waals surface area (Å²) < 4.78 is 5.60. The SMILES string of the molecule is Cl.NCCCOc1ccc(CN2CCCCC2)cc1. The van der Waals surface area contributed by atoms with Crippen LogP contribution in [0.1, 0.15) is 31.2 Å². The van der Waals surface area contributed by atoms with E-state index in [2.05, 4.69) is 29.2 Å². The van der Waals surface area contributed by atoms with Crippen LogP contribution in [0.3, 0.4) is 0 Å². The molecule has 1 fully saturated rings. The van der Waals surface area contributed by atoms with E-state index < -0.39 is 0 Å². The summed E-state index contributed by atoms with van der Waals surface area (Å²) >= 11 is 0. The van der Waals surface area contributed by atoms with Crippen LogP contribution in [0.4, 0.5) is 0 Å². The smallest absolute Gasteiger partial charge is 0.119 e. The fraction of sp³-hybridized carbons (Fsp3) is 0.600. The fourth-order valence-corrected chi connectivity index (χ4v) is 2.34. The Kier molecular flexibility index (Phi) is 7.87. The Balaban J connectivity index is 0.00000180. The van der Waals surface area contributed by atoms with Gasteiger partial charge >= 0.3 is 0 Å². The van der Waals surface area contributed by atoms with Crippen molar-refractivity contribution in [2.45, 2.75) is 32.2 Å². The molecule has 0 amide bonds. The van der Waals surface area contributed by atoms with Crippen LogP contribution < -0.4 is 10.5 Å². The van der Waals surface area contributed by atoms with Crippen molar-refractivity contribution in [2.24, 2.45) is 5.73 Å². The van der Waals surface area contributed by atoms with Crippen LogP contribution in [0.5, 0.6) is 5.75 Å². The molecule has 0 saturated carbocycles. The van der Waals surface area contributed by atoms with Gasteiger partial charge in [0.2, 0.25) is 0 Å². The van der Waals surface area contributed by atoms with Gasteiger partial charge in [-0.2, -0.15) is 0 Å². The first-order valence-electron chi connectivity index (χ1n) is 7.02. The molecule has 0 bridgehead atoms. The monoisotopic (exact) mass is 284 g/mol. The second-order valence-electron chi connectivity index (χ2n) is 4.97. The number of nitrogens with zero attached hydrogens (tertiary/aromatic N) is 1. The van der Waals surface area contributed by atoms with E-state index >= 15 is 0 Å². The van der Waals surface area contributed by atoms with E-state index in [0.29, 0.717) is 13.2 Å². The molecule has 3 nitrogen and oxygen atoms in total. The summed E-state index contributed by atoms with van der Waals surface area (Å²) in [6.07, 6.45) is 5.00. The minimum absolute atomic E-state index is 0. The molecular weight excluding hydrogens is 260 g/mol. The first-order valence-corrected chi connectivity index (χ1v) is 7.02. The molecule has 0 aliphatic carbocycles. The minimum atomic E-state index is 0. The summed E-state index contributed by atoms with van der Waals surface area (Å²) in [6.45, 7) is 4.96. The molecule has 1 heterocycles. The number of benzene rings is 1. The Morgan fingerprint density at radius 2 is 1.74 bits per heavy atom. The van der Waals surface area contributed by atoms with Crippen molar-refractivity contribution < 1.29 is 4.74 Å². The Morgan fingerprint density at radius 1 is 1.05 bits per heavy atom. The number of hydrogen-bond donors (Lipinski definition) is 1. The maximum atomic E-state index is 5.60. The summed E-state index contributed by atoms with van der Waals surface area (Å²) in [5, 5.41) is 0. The van der Waals surface area contributed by atoms with Crippen LogP contribution in [0.15, 0.2) is 24.3 Å². The molecule has 19 heavy (non-hydrogen) atoms. The van der Waals surface area contributed by atoms with E-state index in [1.807, 2.05) is 0 Å². The molecule has 4 heteroatoms. The number of hydrogen-bond acceptors (Lipinski definition) is 3. The van der Waals surface area contributed by atoms with Crippen molar-refractivity contribution in [1.29, 1.82) is 0 Å². The third-order valence-electron chi connectivity index (χ3n) is 3.40. The van der Waals surface area contributed by atoms with Crippen molar-refractivity contribution in [3.05, 3.63) is 29.8 Å². The predicted molar refractivity (Wildman–Crippen MR) is 82.0 cm³/mol. The van der Waals surface area contributed by atoms with Gasteiger partial charge in [-0.3, -0.25) is 4.90 Å². The van der Waals surface area contributed by atoms with E-state index in [0.717, 1.165) is 18.7 Å². The highest BCUT2D eigenvalue weighted by molar-refractivity contribution is 5.85. The van der Waals surface area contributed by atoms with Gasteiger partial charge in [-0.05, 0) is 56.6 Å². The minimum Gasteiger partial charge on any atom is -0.494 e. The maximum Gasteiger partial charge on any atom is 0.119 e. The van der Waals surface area contributed by atoms with E-state index in [1.165, 1.54) is 37.9 Å². The topological polar surface area (TPSA) is 38.5 Å². The van der Waals surface area contributed by atoms with Gasteiger partial charge in [0.15, 0.2) is 0 Å². The van der Waals surface area contributed by atoms with Gasteiger partial charge in [-0.1, -0.05) is 18.6 Å². The Labute approximate surface area is 122 Å². The van der Waals surface area contributed by atoms with Gasteiger partial charge in [0.05, 0.1) is 6.61 Å². The number of rotatable bonds is 6. The highest BCUT2D eigenvalue weighted by Crippen LogP contribution is 2.16. The Hall–Kier alpha value is -0.770. The zero-order chi connectivity index (χ0) is 12.6. The summed E-state index contributed by atoms with van der Waals surface area (Å²) in [6, 6.07) is 8.48. The molecule has 1 aliphatic heterocycles. The maximum absolute atomic E-state index is 5.60. The zero-order valence-electron chi connectivity index (χ0n) is 11.5. The summed E-state index contributed by atoms with van der Waals surface area (Å²) in [5.41, 5.74) is 6.81. The van der Waals surface area contributed by atoms with Crippen molar-refractivity contribution in [3.8, 4) is 5.75 Å². The molecule has 2 rings (SSSR count). The molecule has 1 aliphatic rings. The van der Waals surface area contributed by atoms with Gasteiger partial charge in [0.25, 0.3) is 0 Å². The predicted octanol–water partition coefficient (Wildman–Crippen LogP) is 2.82. The fourth-order valence-electron chi connectivity index (χ4n) is 2.34. The van der Waals surface area contributed by atoms with Crippen LogP contribution in [0.25, 0.3) is 0 Å². The lowest BCUT2D eigenvalue weighted by Gasteiger charge is -2.26. The van der Waals surface area contributed by atoms with Gasteiger partial charge in [-0.15, -0.1) is 12.4 Å². The summed E-state index contributed by atoms with van der Waals surface area (Å²) in [4.78, 5) is 2.54. The lowest BCUT2D eigenvalue weighted by molar-refractivity contribution is 0.221. The average molecular weight is 285 g/mol. The Morgan fingerprint density at radius 3 is 2.37 bits per heavy atom. The van der Waals surface area contributed by atoms with E-state index in [1.54, 1.807) is 0 Å². The first-order chi connectivity index (χ1) is 8.88. The molecular formula is C15H25ClN2O. The van der Waals surface area contributed by atoms with E-state index in [9.17, 15) is 0 Å². The van der Waals surface area contributed by atoms with Crippen molar-refractivity contribution in [1.82, 2.24) is 4.90 Å². The lowest BCUT2D eigenvalue weighted by Crippen LogP contribution is -2.28. The molecule has 0 atom stereocenters. The van der Waals surface area contributed by atoms with E-state index in [4.69, 9.17) is 10.5 Å². The Bertz CT molecular complexity index is 337. The summed E-state index contributed by atoms with van der Waals surface area (Å²) in [5.74, 6) is 0.950. The van der Waals surface area contributed by atoms with Crippen molar-refractivity contribution >= 4 is 12.4 Å². The third-order valence-corrected chi connectivity index (χ3v) is 3.40. The zero-order valence-corrected chi connectivity index (χ0v) is 12.3. The van der Waals surface area contributed by atoms with Crippen LogP contribution >= 0.6 is 12.4 Å². The standard InChI is InChI=1S/C15H24N2O.ClH/c16-9-4-12-18-15-7-5-14(6-8-15)13-17-10-2-1-3-11-17;/h5-8H,1-4,9-13,16H2;1H. The van der Waals surface area contributed by atoms with Gasteiger partial charge in [0, 0.05) is 6.54 Å². The number of piperidine rings is 1. The normalized spacial score (nSPS) is 15.8. The largest absolute Gasteiger partial charge is 0.494 e. The lowest BCUT2D eigenvalue weighted by atomic mass is 10.1. The van der Waals surface area contributed by atoms with E-state index in [-0.39, 0.29) is 12.4 Å². The first kappa shape index (κ1) is 16.3. The second kappa shape index (κ2) is 9.18. The van der Waals surface area contributed by atoms with Crippen LogP contribution in [0, 0.1) is 0 Å². The van der Waals surface area contributed by atoms with Crippen LogP contribution in [-0.4, -0.2) is 31.1 Å². The molecule has 108 valence electrons. The number of halogens is 1. The van der Waals surface area contributed by atoms with Gasteiger partial charge < -0.3 is 10.5 Å².